The van der Waals surface area contributed by atoms with E-state index in [2.05, 4.69) is 9.97 Å². The van der Waals surface area contributed by atoms with Gasteiger partial charge in [0.1, 0.15) is 17.2 Å². The van der Waals surface area contributed by atoms with Crippen LogP contribution in [-0.4, -0.2) is 20.9 Å². The van der Waals surface area contributed by atoms with E-state index in [1.807, 2.05) is 12.1 Å². The van der Waals surface area contributed by atoms with Gasteiger partial charge in [-0.1, -0.05) is 72.3 Å². The molecule has 2 N–H and O–H groups in total. The predicted octanol–water partition coefficient (Wildman–Crippen LogP) is 5.53. The minimum absolute atomic E-state index is 0.111. The van der Waals surface area contributed by atoms with E-state index in [0.29, 0.717) is 33.0 Å². The maximum Gasteiger partial charge on any atom is 0.200 e. The molecular formula is C22H15ClN2O2. The summed E-state index contributed by atoms with van der Waals surface area (Å²) in [4.78, 5) is 20.8. The van der Waals surface area contributed by atoms with Gasteiger partial charge in [0.25, 0.3) is 0 Å². The van der Waals surface area contributed by atoms with E-state index in [1.165, 1.54) is 0 Å². The van der Waals surface area contributed by atoms with E-state index < -0.39 is 0 Å². The van der Waals surface area contributed by atoms with Crippen molar-refractivity contribution in [1.82, 2.24) is 9.97 Å². The highest BCUT2D eigenvalue weighted by Crippen LogP contribution is 2.28. The topological polar surface area (TPSA) is 66.0 Å². The van der Waals surface area contributed by atoms with E-state index in [-0.39, 0.29) is 17.1 Å². The van der Waals surface area contributed by atoms with E-state index in [9.17, 15) is 9.90 Å². The second-order valence-corrected chi connectivity index (χ2v) is 6.47. The van der Waals surface area contributed by atoms with Gasteiger partial charge in [-0.05, 0) is 18.2 Å². The zero-order valence-corrected chi connectivity index (χ0v) is 14.9. The second-order valence-electron chi connectivity index (χ2n) is 6.03. The van der Waals surface area contributed by atoms with Gasteiger partial charge in [-0.3, -0.25) is 4.79 Å². The highest BCUT2D eigenvalue weighted by atomic mass is 35.5. The number of imidazole rings is 1. The Morgan fingerprint density at radius 1 is 0.889 bits per heavy atom. The largest absolute Gasteiger partial charge is 0.506 e. The number of hydrogen-bond acceptors (Lipinski definition) is 3. The summed E-state index contributed by atoms with van der Waals surface area (Å²) in [5, 5.41) is 11.5. The summed E-state index contributed by atoms with van der Waals surface area (Å²) < 4.78 is 0. The van der Waals surface area contributed by atoms with Gasteiger partial charge >= 0.3 is 0 Å². The normalized spacial score (nSPS) is 12.0. The number of halogens is 1. The lowest BCUT2D eigenvalue weighted by Gasteiger charge is -2.09. The summed E-state index contributed by atoms with van der Waals surface area (Å²) in [5.74, 6) is -0.154. The van der Waals surface area contributed by atoms with Crippen LogP contribution in [0.1, 0.15) is 21.7 Å². The number of carbonyl (C=O) groups is 1. The quantitative estimate of drug-likeness (QED) is 0.280. The SMILES string of the molecule is O=C(/C(=C(\O)c1ccccc1)c1nc2ccc(Cl)cc2[nH]1)c1ccccc1. The van der Waals surface area contributed by atoms with Crippen molar-refractivity contribution in [2.45, 2.75) is 0 Å². The Labute approximate surface area is 160 Å². The van der Waals surface area contributed by atoms with Gasteiger partial charge in [0.2, 0.25) is 5.78 Å². The average Bonchev–Trinajstić information content (AvgIpc) is 3.11. The number of fused-ring (bicyclic) bond motifs is 1. The Balaban J connectivity index is 1.94. The Morgan fingerprint density at radius 2 is 1.52 bits per heavy atom. The molecule has 0 aliphatic heterocycles. The molecular weight excluding hydrogens is 360 g/mol. The van der Waals surface area contributed by atoms with Crippen LogP contribution < -0.4 is 0 Å². The van der Waals surface area contributed by atoms with E-state index in [4.69, 9.17) is 11.6 Å². The fraction of sp³-hybridized carbons (Fsp3) is 0. The van der Waals surface area contributed by atoms with Crippen LogP contribution in [0.15, 0.2) is 78.9 Å². The Kier molecular flexibility index (Phi) is 4.48. The van der Waals surface area contributed by atoms with Gasteiger partial charge in [0, 0.05) is 16.1 Å². The summed E-state index contributed by atoms with van der Waals surface area (Å²) in [6.45, 7) is 0. The van der Waals surface area contributed by atoms with Crippen molar-refractivity contribution in [2.75, 3.05) is 0 Å². The zero-order chi connectivity index (χ0) is 18.8. The number of ketones is 1. The third-order valence-corrected chi connectivity index (χ3v) is 4.46. The summed E-state index contributed by atoms with van der Waals surface area (Å²) in [7, 11) is 0. The first-order valence-electron chi connectivity index (χ1n) is 8.37. The fourth-order valence-electron chi connectivity index (χ4n) is 2.90. The summed E-state index contributed by atoms with van der Waals surface area (Å²) in [6.07, 6.45) is 0. The molecule has 0 fully saturated rings. The number of aromatic amines is 1. The van der Waals surface area contributed by atoms with Gasteiger partial charge in [-0.15, -0.1) is 0 Å². The molecule has 132 valence electrons. The number of Topliss-reactive ketones (excluding diaryl/α,β-unsaturated/α-hetero) is 1. The monoisotopic (exact) mass is 374 g/mol. The first-order chi connectivity index (χ1) is 13.1. The van der Waals surface area contributed by atoms with E-state index in [1.54, 1.807) is 66.7 Å². The number of benzene rings is 3. The van der Waals surface area contributed by atoms with Gasteiger partial charge in [-0.25, -0.2) is 4.98 Å². The van der Waals surface area contributed by atoms with Crippen LogP contribution in [0.5, 0.6) is 0 Å². The third kappa shape index (κ3) is 3.35. The van der Waals surface area contributed by atoms with Crippen LogP contribution in [0.4, 0.5) is 0 Å². The van der Waals surface area contributed by atoms with Crippen molar-refractivity contribution >= 4 is 39.7 Å². The van der Waals surface area contributed by atoms with Gasteiger partial charge in [0.05, 0.1) is 11.0 Å². The molecule has 5 heteroatoms. The highest BCUT2D eigenvalue weighted by molar-refractivity contribution is 6.33. The van der Waals surface area contributed by atoms with Gasteiger partial charge in [-0.2, -0.15) is 0 Å². The lowest BCUT2D eigenvalue weighted by atomic mass is 9.99. The van der Waals surface area contributed by atoms with Crippen molar-refractivity contribution in [3.63, 3.8) is 0 Å². The molecule has 0 amide bonds. The molecule has 1 heterocycles. The number of H-pyrrole nitrogens is 1. The third-order valence-electron chi connectivity index (χ3n) is 4.23. The van der Waals surface area contributed by atoms with Crippen LogP contribution in [-0.2, 0) is 0 Å². The molecule has 0 aliphatic rings. The Bertz CT molecular complexity index is 1150. The number of rotatable bonds is 4. The first kappa shape index (κ1) is 17.1. The van der Waals surface area contributed by atoms with Crippen LogP contribution in [0.2, 0.25) is 5.02 Å². The molecule has 0 bridgehead atoms. The lowest BCUT2D eigenvalue weighted by molar-refractivity contribution is 0.105. The molecule has 4 nitrogen and oxygen atoms in total. The van der Waals surface area contributed by atoms with Crippen LogP contribution >= 0.6 is 11.6 Å². The minimum Gasteiger partial charge on any atom is -0.506 e. The molecule has 0 atom stereocenters. The summed E-state index contributed by atoms with van der Waals surface area (Å²) in [5.41, 5.74) is 2.47. The van der Waals surface area contributed by atoms with Crippen LogP contribution in [0, 0.1) is 0 Å². The maximum absolute atomic E-state index is 13.2. The summed E-state index contributed by atoms with van der Waals surface area (Å²) >= 11 is 6.05. The van der Waals surface area contributed by atoms with Crippen molar-refractivity contribution in [3.05, 3.63) is 101 Å². The second kappa shape index (κ2) is 7.09. The number of hydrogen-bond donors (Lipinski definition) is 2. The van der Waals surface area contributed by atoms with Gasteiger partial charge < -0.3 is 10.1 Å². The molecule has 1 aromatic heterocycles. The van der Waals surface area contributed by atoms with Crippen LogP contribution in [0.25, 0.3) is 22.4 Å². The molecule has 0 saturated heterocycles. The van der Waals surface area contributed by atoms with E-state index >= 15 is 0 Å². The molecule has 27 heavy (non-hydrogen) atoms. The molecule has 0 saturated carbocycles. The number of aromatic nitrogens is 2. The number of carbonyl (C=O) groups excluding carboxylic acids is 1. The zero-order valence-electron chi connectivity index (χ0n) is 14.2. The minimum atomic E-state index is -0.317. The standard InChI is InChI=1S/C22H15ClN2O2/c23-16-11-12-17-18(13-16)25-22(24-17)19(20(26)14-7-3-1-4-8-14)21(27)15-9-5-2-6-10-15/h1-13,26H,(H,24,25)/b20-19+. The fourth-order valence-corrected chi connectivity index (χ4v) is 3.07. The number of nitrogens with zero attached hydrogens (tertiary/aromatic N) is 1. The molecule has 4 rings (SSSR count). The van der Waals surface area contributed by atoms with Crippen molar-refractivity contribution < 1.29 is 9.90 Å². The smallest absolute Gasteiger partial charge is 0.200 e. The molecule has 0 unspecified atom stereocenters. The van der Waals surface area contributed by atoms with E-state index in [0.717, 1.165) is 0 Å². The molecule has 0 aliphatic carbocycles. The molecule has 3 aromatic carbocycles. The number of allylic oxidation sites excluding steroid dienone is 1. The van der Waals surface area contributed by atoms with Crippen molar-refractivity contribution in [3.8, 4) is 0 Å². The van der Waals surface area contributed by atoms with Crippen LogP contribution in [0.3, 0.4) is 0 Å². The number of aliphatic hydroxyl groups is 1. The summed E-state index contributed by atoms with van der Waals surface area (Å²) in [6, 6.07) is 23.0. The maximum atomic E-state index is 13.2. The van der Waals surface area contributed by atoms with Gasteiger partial charge in [0.15, 0.2) is 0 Å². The Hall–Kier alpha value is -3.37. The average molecular weight is 375 g/mol. The lowest BCUT2D eigenvalue weighted by Crippen LogP contribution is -2.07. The number of aliphatic hydroxyl groups excluding tert-OH is 1. The molecule has 0 radical (unpaired) electrons. The highest BCUT2D eigenvalue weighted by Gasteiger charge is 2.23. The van der Waals surface area contributed by atoms with Crippen molar-refractivity contribution in [1.29, 1.82) is 0 Å². The predicted molar refractivity (Wildman–Crippen MR) is 108 cm³/mol. The van der Waals surface area contributed by atoms with Crippen molar-refractivity contribution in [2.24, 2.45) is 0 Å². The molecule has 0 spiro atoms. The molecule has 4 aromatic rings. The first-order valence-corrected chi connectivity index (χ1v) is 8.75. The number of nitrogens with one attached hydrogen (secondary N) is 1. The Morgan fingerprint density at radius 3 is 2.19 bits per heavy atom.